The first-order valence-corrected chi connectivity index (χ1v) is 14.6. The Morgan fingerprint density at radius 2 is 1.94 bits per heavy atom. The Morgan fingerprint density at radius 1 is 1.11 bits per heavy atom. The predicted octanol–water partition coefficient (Wildman–Crippen LogP) is 8.12. The maximum Gasteiger partial charge on any atom is 0.303 e. The van der Waals surface area contributed by atoms with Gasteiger partial charge >= 0.3 is 5.97 Å². The van der Waals surface area contributed by atoms with Gasteiger partial charge in [-0.15, -0.1) is 0 Å². The molecule has 4 heteroatoms. The monoisotopic (exact) mass is 497 g/mol. The van der Waals surface area contributed by atoms with Crippen LogP contribution in [0.1, 0.15) is 114 Å². The minimum Gasteiger partial charge on any atom is -0.508 e. The number of benzene rings is 1. The first-order valence-electron chi connectivity index (χ1n) is 14.6. The summed E-state index contributed by atoms with van der Waals surface area (Å²) in [4.78, 5) is 10.8. The number of phenolic OH excluding ortho intramolecular Hbond substituents is 1. The number of rotatable bonds is 20. The molecule has 4 nitrogen and oxygen atoms in total. The van der Waals surface area contributed by atoms with Gasteiger partial charge < -0.3 is 15.9 Å². The van der Waals surface area contributed by atoms with E-state index in [-0.39, 0.29) is 6.42 Å². The van der Waals surface area contributed by atoms with Crippen LogP contribution in [0.3, 0.4) is 0 Å². The highest BCUT2D eigenvalue weighted by Crippen LogP contribution is 2.30. The zero-order valence-corrected chi connectivity index (χ0v) is 22.7. The Morgan fingerprint density at radius 3 is 2.72 bits per heavy atom. The van der Waals surface area contributed by atoms with Crippen molar-refractivity contribution in [3.05, 3.63) is 53.1 Å². The molecule has 2 atom stereocenters. The molecule has 1 aromatic rings. The number of hydrogen-bond acceptors (Lipinski definition) is 3. The van der Waals surface area contributed by atoms with E-state index in [1.807, 2.05) is 12.1 Å². The molecule has 0 aliphatic heterocycles. The third-order valence-corrected chi connectivity index (χ3v) is 7.59. The van der Waals surface area contributed by atoms with E-state index in [9.17, 15) is 9.90 Å². The number of nitrogens with two attached hydrogens (primary N) is 1. The van der Waals surface area contributed by atoms with Crippen LogP contribution in [-0.2, 0) is 17.6 Å². The molecule has 4 N–H and O–H groups in total. The molecule has 0 bridgehead atoms. The van der Waals surface area contributed by atoms with Crippen LogP contribution in [0.4, 0.5) is 0 Å². The summed E-state index contributed by atoms with van der Waals surface area (Å²) in [5.74, 6) is 1.01. The molecule has 0 amide bonds. The molecule has 0 fully saturated rings. The minimum atomic E-state index is -0.736. The fraction of sp³-hybridized carbons (Fsp3) is 0.656. The first kappa shape index (κ1) is 30.2. The van der Waals surface area contributed by atoms with Crippen molar-refractivity contribution in [2.24, 2.45) is 17.6 Å². The Balaban J connectivity index is 1.81. The molecule has 0 saturated carbocycles. The van der Waals surface area contributed by atoms with Gasteiger partial charge in [0.2, 0.25) is 0 Å². The fourth-order valence-corrected chi connectivity index (χ4v) is 5.47. The molecule has 0 radical (unpaired) electrons. The smallest absolute Gasteiger partial charge is 0.303 e. The number of carbonyl (C=O) groups is 1. The Hall–Kier alpha value is -2.07. The summed E-state index contributed by atoms with van der Waals surface area (Å²) in [6.07, 6.45) is 25.2. The summed E-state index contributed by atoms with van der Waals surface area (Å²) >= 11 is 0. The summed E-state index contributed by atoms with van der Waals surface area (Å²) < 4.78 is 0. The Kier molecular flexibility index (Phi) is 15.3. The Labute approximate surface area is 220 Å². The van der Waals surface area contributed by atoms with Crippen LogP contribution < -0.4 is 5.73 Å². The van der Waals surface area contributed by atoms with Gasteiger partial charge in [0.25, 0.3) is 0 Å². The van der Waals surface area contributed by atoms with Gasteiger partial charge in [0.05, 0.1) is 0 Å². The highest BCUT2D eigenvalue weighted by atomic mass is 16.4. The lowest BCUT2D eigenvalue weighted by molar-refractivity contribution is -0.136. The molecular weight excluding hydrogens is 446 g/mol. The highest BCUT2D eigenvalue weighted by molar-refractivity contribution is 5.66. The van der Waals surface area contributed by atoms with Gasteiger partial charge in [-0.25, -0.2) is 0 Å². The minimum absolute atomic E-state index is 0.199. The summed E-state index contributed by atoms with van der Waals surface area (Å²) in [7, 11) is 0. The van der Waals surface area contributed by atoms with Crippen LogP contribution in [0.5, 0.6) is 5.75 Å². The maximum absolute atomic E-state index is 10.8. The van der Waals surface area contributed by atoms with Gasteiger partial charge in [-0.1, -0.05) is 81.4 Å². The molecule has 1 aromatic carbocycles. The van der Waals surface area contributed by atoms with E-state index in [2.05, 4.69) is 31.2 Å². The second-order valence-electron chi connectivity index (χ2n) is 10.8. The van der Waals surface area contributed by atoms with Crippen LogP contribution in [0.2, 0.25) is 0 Å². The van der Waals surface area contributed by atoms with Crippen LogP contribution >= 0.6 is 0 Å². The number of carboxylic acids is 1. The quantitative estimate of drug-likeness (QED) is 0.125. The van der Waals surface area contributed by atoms with Crippen molar-refractivity contribution < 1.29 is 15.0 Å². The topological polar surface area (TPSA) is 83.5 Å². The van der Waals surface area contributed by atoms with Crippen LogP contribution in [-0.4, -0.2) is 22.7 Å². The third-order valence-electron chi connectivity index (χ3n) is 7.59. The lowest BCUT2D eigenvalue weighted by atomic mass is 9.89. The number of unbranched alkanes of at least 4 members (excludes halogenated alkanes) is 5. The average molecular weight is 498 g/mol. The third kappa shape index (κ3) is 12.8. The molecule has 0 spiro atoms. The van der Waals surface area contributed by atoms with E-state index in [0.717, 1.165) is 50.1 Å². The fourth-order valence-electron chi connectivity index (χ4n) is 5.47. The van der Waals surface area contributed by atoms with E-state index < -0.39 is 5.97 Å². The molecule has 0 aromatic heterocycles. The van der Waals surface area contributed by atoms with E-state index in [1.165, 1.54) is 69.8 Å². The van der Waals surface area contributed by atoms with Crippen molar-refractivity contribution in [2.75, 3.05) is 6.54 Å². The predicted molar refractivity (Wildman–Crippen MR) is 151 cm³/mol. The number of aryl methyl sites for hydroxylation is 1. The average Bonchev–Trinajstić information content (AvgIpc) is 3.30. The lowest BCUT2D eigenvalue weighted by Crippen LogP contribution is -2.05. The van der Waals surface area contributed by atoms with E-state index in [1.54, 1.807) is 5.57 Å². The largest absolute Gasteiger partial charge is 0.508 e. The lowest BCUT2D eigenvalue weighted by Gasteiger charge is -2.17. The molecule has 0 unspecified atom stereocenters. The van der Waals surface area contributed by atoms with Crippen LogP contribution in [0.25, 0.3) is 0 Å². The second-order valence-corrected chi connectivity index (χ2v) is 10.8. The van der Waals surface area contributed by atoms with Gasteiger partial charge in [0.1, 0.15) is 5.75 Å². The van der Waals surface area contributed by atoms with Crippen molar-refractivity contribution in [3.63, 3.8) is 0 Å². The number of allylic oxidation sites excluding steroid dienone is 3. The van der Waals surface area contributed by atoms with Crippen LogP contribution in [0.15, 0.2) is 42.0 Å². The Bertz CT molecular complexity index is 814. The van der Waals surface area contributed by atoms with Crippen molar-refractivity contribution in [3.8, 4) is 5.75 Å². The molecule has 36 heavy (non-hydrogen) atoms. The van der Waals surface area contributed by atoms with Crippen molar-refractivity contribution in [2.45, 2.75) is 116 Å². The summed E-state index contributed by atoms with van der Waals surface area (Å²) in [5.41, 5.74) is 9.66. The van der Waals surface area contributed by atoms with Crippen LogP contribution in [0, 0.1) is 11.8 Å². The standard InChI is InChI=1S/C32H51NO3/c1-2-3-7-15-30-25-29(19-20-31(30)34)24-26(13-10-6-11-16-32(35)36)12-8-4-5-9-14-27-17-18-28(23-27)21-22-33/h6,10,19-20,23,25-27,34H,2-5,7-9,11-18,21-22,24,33H2,1H3,(H,35,36)/t26-,27-/m1/s1. The number of aliphatic carboxylic acids is 1. The molecule has 0 heterocycles. The van der Waals surface area contributed by atoms with E-state index in [0.29, 0.717) is 18.1 Å². The molecule has 2 rings (SSSR count). The summed E-state index contributed by atoms with van der Waals surface area (Å²) in [6.45, 7) is 2.98. The number of carboxylic acid groups (broad SMARTS) is 1. The highest BCUT2D eigenvalue weighted by Gasteiger charge is 2.15. The second kappa shape index (κ2) is 18.2. The van der Waals surface area contributed by atoms with Crippen molar-refractivity contribution in [1.82, 2.24) is 0 Å². The molecule has 1 aliphatic rings. The van der Waals surface area contributed by atoms with Gasteiger partial charge in [-0.05, 0) is 99.8 Å². The normalized spacial score (nSPS) is 16.5. The number of aromatic hydroxyl groups is 1. The van der Waals surface area contributed by atoms with Gasteiger partial charge in [-0.3, -0.25) is 4.79 Å². The molecule has 202 valence electrons. The zero-order valence-electron chi connectivity index (χ0n) is 22.7. The van der Waals surface area contributed by atoms with Gasteiger partial charge in [-0.2, -0.15) is 0 Å². The van der Waals surface area contributed by atoms with E-state index >= 15 is 0 Å². The SMILES string of the molecule is CCCCCc1cc(C[C@@H](CC=CCCC(=O)O)CCCCCC[C@H]2C=C(CCN)CC2)ccc1O. The van der Waals surface area contributed by atoms with Crippen molar-refractivity contribution in [1.29, 1.82) is 0 Å². The maximum atomic E-state index is 10.8. The van der Waals surface area contributed by atoms with Crippen molar-refractivity contribution >= 4 is 5.97 Å². The van der Waals surface area contributed by atoms with E-state index in [4.69, 9.17) is 10.8 Å². The zero-order chi connectivity index (χ0) is 26.0. The molecule has 1 aliphatic carbocycles. The number of phenols is 1. The summed E-state index contributed by atoms with van der Waals surface area (Å²) in [6, 6.07) is 6.15. The molecule has 0 saturated heterocycles. The summed E-state index contributed by atoms with van der Waals surface area (Å²) in [5, 5.41) is 19.2. The van der Waals surface area contributed by atoms with Gasteiger partial charge in [0.15, 0.2) is 0 Å². The number of hydrogen-bond donors (Lipinski definition) is 3. The van der Waals surface area contributed by atoms with Gasteiger partial charge in [0, 0.05) is 6.42 Å². The molecular formula is C32H51NO3. The first-order chi connectivity index (χ1) is 17.5.